The van der Waals surface area contributed by atoms with Gasteiger partial charge < -0.3 is 15.0 Å². The predicted molar refractivity (Wildman–Crippen MR) is 55.3 cm³/mol. The average Bonchev–Trinajstić information content (AvgIpc) is 2.23. The second-order valence-corrected chi connectivity index (χ2v) is 3.71. The summed E-state index contributed by atoms with van der Waals surface area (Å²) in [5, 5.41) is 3.06. The number of carbonyl (C=O) groups is 2. The van der Waals surface area contributed by atoms with Crippen molar-refractivity contribution in [2.24, 2.45) is 0 Å². The van der Waals surface area contributed by atoms with E-state index in [4.69, 9.17) is 0 Å². The van der Waals surface area contributed by atoms with Gasteiger partial charge in [-0.25, -0.2) is 0 Å². The van der Waals surface area contributed by atoms with Crippen molar-refractivity contribution in [3.05, 3.63) is 0 Å². The smallest absolute Gasteiger partial charge is 0.307 e. The van der Waals surface area contributed by atoms with E-state index in [2.05, 4.69) is 10.1 Å². The lowest BCUT2D eigenvalue weighted by Gasteiger charge is -2.37. The fourth-order valence-electron chi connectivity index (χ4n) is 1.80. The summed E-state index contributed by atoms with van der Waals surface area (Å²) in [5.74, 6) is -0.367. The number of hydrogen-bond acceptors (Lipinski definition) is 4. The highest BCUT2D eigenvalue weighted by Crippen LogP contribution is 2.10. The molecule has 0 aromatic rings. The van der Waals surface area contributed by atoms with Crippen molar-refractivity contribution < 1.29 is 14.3 Å². The van der Waals surface area contributed by atoms with Gasteiger partial charge in [-0.2, -0.15) is 0 Å². The molecule has 1 aliphatic heterocycles. The fraction of sp³-hybridized carbons (Fsp3) is 0.800. The van der Waals surface area contributed by atoms with Gasteiger partial charge >= 0.3 is 5.97 Å². The molecule has 2 atom stereocenters. The van der Waals surface area contributed by atoms with E-state index in [1.165, 1.54) is 7.11 Å². The van der Waals surface area contributed by atoms with E-state index in [-0.39, 0.29) is 24.3 Å². The van der Waals surface area contributed by atoms with Gasteiger partial charge in [0.1, 0.15) is 0 Å². The Morgan fingerprint density at radius 2 is 2.33 bits per heavy atom. The number of nitrogens with one attached hydrogen (secondary N) is 1. The van der Waals surface area contributed by atoms with Crippen LogP contribution in [-0.4, -0.2) is 49.1 Å². The molecule has 1 saturated heterocycles. The van der Waals surface area contributed by atoms with Crippen LogP contribution in [0.5, 0.6) is 0 Å². The highest BCUT2D eigenvalue weighted by atomic mass is 16.5. The van der Waals surface area contributed by atoms with Crippen molar-refractivity contribution in [1.29, 1.82) is 0 Å². The number of esters is 1. The van der Waals surface area contributed by atoms with Crippen molar-refractivity contribution in [2.75, 3.05) is 20.2 Å². The van der Waals surface area contributed by atoms with Crippen molar-refractivity contribution in [3.8, 4) is 0 Å². The molecule has 86 valence electrons. The third kappa shape index (κ3) is 2.68. The largest absolute Gasteiger partial charge is 0.469 e. The molecule has 0 saturated carbocycles. The third-order valence-corrected chi connectivity index (χ3v) is 2.71. The molecular formula is C10H18N2O3. The van der Waals surface area contributed by atoms with E-state index in [9.17, 15) is 9.59 Å². The maximum atomic E-state index is 11.9. The SMILES string of the molecule is CCN1C(=O)C(CC(=O)OC)NCC1C. The standard InChI is InChI=1S/C10H18N2O3/c1-4-12-7(2)6-11-8(10(12)14)5-9(13)15-3/h7-8,11H,4-6H2,1-3H3. The highest BCUT2D eigenvalue weighted by molar-refractivity contribution is 5.87. The molecule has 1 fully saturated rings. The summed E-state index contributed by atoms with van der Waals surface area (Å²) >= 11 is 0. The van der Waals surface area contributed by atoms with Crippen LogP contribution in [0.4, 0.5) is 0 Å². The monoisotopic (exact) mass is 214 g/mol. The average molecular weight is 214 g/mol. The molecule has 1 rings (SSSR count). The number of rotatable bonds is 3. The molecule has 0 aromatic carbocycles. The van der Waals surface area contributed by atoms with E-state index in [1.807, 2.05) is 13.8 Å². The van der Waals surface area contributed by atoms with E-state index in [0.717, 1.165) is 6.54 Å². The van der Waals surface area contributed by atoms with Crippen LogP contribution >= 0.6 is 0 Å². The summed E-state index contributed by atoms with van der Waals surface area (Å²) in [6.45, 7) is 5.33. The van der Waals surface area contributed by atoms with E-state index >= 15 is 0 Å². The highest BCUT2D eigenvalue weighted by Gasteiger charge is 2.33. The van der Waals surface area contributed by atoms with Gasteiger partial charge in [-0.05, 0) is 13.8 Å². The topological polar surface area (TPSA) is 58.6 Å². The summed E-state index contributed by atoms with van der Waals surface area (Å²) in [6, 6.07) is -0.231. The molecule has 0 aromatic heterocycles. The van der Waals surface area contributed by atoms with Gasteiger partial charge in [-0.15, -0.1) is 0 Å². The molecular weight excluding hydrogens is 196 g/mol. The molecule has 5 nitrogen and oxygen atoms in total. The number of carbonyl (C=O) groups excluding carboxylic acids is 2. The minimum Gasteiger partial charge on any atom is -0.469 e. The molecule has 5 heteroatoms. The lowest BCUT2D eigenvalue weighted by molar-refractivity contribution is -0.147. The van der Waals surface area contributed by atoms with Gasteiger partial charge in [0.2, 0.25) is 5.91 Å². The lowest BCUT2D eigenvalue weighted by atomic mass is 10.1. The zero-order valence-electron chi connectivity index (χ0n) is 9.45. The van der Waals surface area contributed by atoms with Gasteiger partial charge in [-0.3, -0.25) is 9.59 Å². The van der Waals surface area contributed by atoms with E-state index in [1.54, 1.807) is 4.90 Å². The zero-order chi connectivity index (χ0) is 11.4. The predicted octanol–water partition coefficient (Wildman–Crippen LogP) is -0.242. The van der Waals surface area contributed by atoms with Gasteiger partial charge in [-0.1, -0.05) is 0 Å². The Morgan fingerprint density at radius 3 is 2.87 bits per heavy atom. The van der Waals surface area contributed by atoms with Crippen LogP contribution < -0.4 is 5.32 Å². The number of likely N-dealkylation sites (N-methyl/N-ethyl adjacent to an activating group) is 1. The number of hydrogen-bond donors (Lipinski definition) is 1. The number of nitrogens with zero attached hydrogens (tertiary/aromatic N) is 1. The summed E-state index contributed by atoms with van der Waals surface area (Å²) in [7, 11) is 1.33. The molecule has 0 spiro atoms. The fourth-order valence-corrected chi connectivity index (χ4v) is 1.80. The van der Waals surface area contributed by atoms with Crippen molar-refractivity contribution in [1.82, 2.24) is 10.2 Å². The molecule has 0 bridgehead atoms. The number of piperazine rings is 1. The molecule has 2 unspecified atom stereocenters. The summed E-state index contributed by atoms with van der Waals surface area (Å²) in [5.41, 5.74) is 0. The Kier molecular flexibility index (Phi) is 4.08. The lowest BCUT2D eigenvalue weighted by Crippen LogP contribution is -2.59. The van der Waals surface area contributed by atoms with Gasteiger partial charge in [0.15, 0.2) is 0 Å². The van der Waals surface area contributed by atoms with E-state index in [0.29, 0.717) is 6.54 Å². The van der Waals surface area contributed by atoms with Gasteiger partial charge in [0.25, 0.3) is 0 Å². The molecule has 1 heterocycles. The molecule has 0 aliphatic carbocycles. The summed E-state index contributed by atoms with van der Waals surface area (Å²) < 4.78 is 4.55. The first-order valence-electron chi connectivity index (χ1n) is 5.20. The maximum Gasteiger partial charge on any atom is 0.307 e. The van der Waals surface area contributed by atoms with Crippen molar-refractivity contribution in [2.45, 2.75) is 32.4 Å². The van der Waals surface area contributed by atoms with Crippen LogP contribution in [0.2, 0.25) is 0 Å². The Bertz CT molecular complexity index is 255. The van der Waals surface area contributed by atoms with Crippen LogP contribution in [0.3, 0.4) is 0 Å². The second kappa shape index (κ2) is 5.11. The molecule has 1 N–H and O–H groups in total. The zero-order valence-corrected chi connectivity index (χ0v) is 9.45. The Labute approximate surface area is 89.8 Å². The van der Waals surface area contributed by atoms with Crippen molar-refractivity contribution in [3.63, 3.8) is 0 Å². The molecule has 1 amide bonds. The minimum absolute atomic E-state index is 0.0124. The summed E-state index contributed by atoms with van der Waals surface area (Å²) in [6.07, 6.45) is 0.110. The van der Waals surface area contributed by atoms with Crippen LogP contribution in [-0.2, 0) is 14.3 Å². The minimum atomic E-state index is -0.423. The van der Waals surface area contributed by atoms with Crippen LogP contribution in [0, 0.1) is 0 Å². The van der Waals surface area contributed by atoms with Crippen LogP contribution in [0.15, 0.2) is 0 Å². The van der Waals surface area contributed by atoms with Gasteiger partial charge in [0.05, 0.1) is 19.6 Å². The first-order chi connectivity index (χ1) is 7.10. The third-order valence-electron chi connectivity index (χ3n) is 2.71. The second-order valence-electron chi connectivity index (χ2n) is 3.71. The van der Waals surface area contributed by atoms with E-state index < -0.39 is 6.04 Å². The van der Waals surface area contributed by atoms with Crippen LogP contribution in [0.1, 0.15) is 20.3 Å². The number of ether oxygens (including phenoxy) is 1. The molecule has 1 aliphatic rings. The summed E-state index contributed by atoms with van der Waals surface area (Å²) in [4.78, 5) is 24.7. The van der Waals surface area contributed by atoms with Gasteiger partial charge in [0, 0.05) is 19.1 Å². The Hall–Kier alpha value is -1.10. The molecule has 0 radical (unpaired) electrons. The maximum absolute atomic E-state index is 11.9. The Morgan fingerprint density at radius 1 is 1.67 bits per heavy atom. The first kappa shape index (κ1) is 12.0. The van der Waals surface area contributed by atoms with Crippen LogP contribution in [0.25, 0.3) is 0 Å². The first-order valence-corrected chi connectivity index (χ1v) is 5.20. The van der Waals surface area contributed by atoms with Crippen molar-refractivity contribution >= 4 is 11.9 Å². The molecule has 15 heavy (non-hydrogen) atoms. The number of amides is 1. The Balaban J connectivity index is 2.60. The number of methoxy groups -OCH3 is 1. The normalized spacial score (nSPS) is 26.6. The quantitative estimate of drug-likeness (QED) is 0.659.